The van der Waals surface area contributed by atoms with Gasteiger partial charge in [0.25, 0.3) is 0 Å². The quantitative estimate of drug-likeness (QED) is 0.508. The number of carbonyl (C=O) groups is 3. The predicted octanol–water partition coefficient (Wildman–Crippen LogP) is 4.82. The van der Waals surface area contributed by atoms with Crippen LogP contribution in [0, 0.1) is 11.3 Å². The van der Waals surface area contributed by atoms with Gasteiger partial charge in [-0.1, -0.05) is 61.4 Å². The molecule has 1 aliphatic heterocycles. The third kappa shape index (κ3) is 6.11. The fraction of sp³-hybridized carbons (Fsp3) is 0.483. The highest BCUT2D eigenvalue weighted by atomic mass is 16.5. The lowest BCUT2D eigenvalue weighted by Crippen LogP contribution is -2.50. The molecular formula is C29H36N2O4. The van der Waals surface area contributed by atoms with Gasteiger partial charge in [-0.25, -0.2) is 0 Å². The first kappa shape index (κ1) is 25.0. The maximum Gasteiger partial charge on any atom is 0.308 e. The summed E-state index contributed by atoms with van der Waals surface area (Å²) < 4.78 is 5.41. The van der Waals surface area contributed by atoms with Crippen molar-refractivity contribution < 1.29 is 19.1 Å². The van der Waals surface area contributed by atoms with Crippen LogP contribution in [-0.4, -0.2) is 30.4 Å². The van der Waals surface area contributed by atoms with Crippen molar-refractivity contribution in [2.45, 2.75) is 70.8 Å². The number of para-hydroxylation sites is 1. The zero-order chi connectivity index (χ0) is 24.7. The maximum atomic E-state index is 13.7. The van der Waals surface area contributed by atoms with Crippen molar-refractivity contribution in [2.24, 2.45) is 11.3 Å². The van der Waals surface area contributed by atoms with Crippen LogP contribution in [0.15, 0.2) is 54.6 Å². The molecule has 2 amide bonds. The number of esters is 1. The Kier molecular flexibility index (Phi) is 8.21. The normalized spacial score (nSPS) is 19.7. The van der Waals surface area contributed by atoms with Gasteiger partial charge in [0, 0.05) is 5.69 Å². The van der Waals surface area contributed by atoms with Crippen LogP contribution in [0.2, 0.25) is 0 Å². The van der Waals surface area contributed by atoms with Gasteiger partial charge in [0.15, 0.2) is 0 Å². The van der Waals surface area contributed by atoms with E-state index in [2.05, 4.69) is 22.8 Å². The van der Waals surface area contributed by atoms with Crippen molar-refractivity contribution in [3.63, 3.8) is 0 Å². The summed E-state index contributed by atoms with van der Waals surface area (Å²) in [5.41, 5.74) is 2.42. The van der Waals surface area contributed by atoms with Crippen molar-refractivity contribution in [3.05, 3.63) is 65.7 Å². The third-order valence-corrected chi connectivity index (χ3v) is 7.52. The largest absolute Gasteiger partial charge is 0.466 e. The number of benzene rings is 2. The molecule has 2 aromatic carbocycles. The Balaban J connectivity index is 1.47. The number of carbonyl (C=O) groups excluding carboxylic acids is 3. The van der Waals surface area contributed by atoms with E-state index >= 15 is 0 Å². The number of anilines is 1. The molecule has 2 aliphatic rings. The lowest BCUT2D eigenvalue weighted by atomic mass is 9.75. The summed E-state index contributed by atoms with van der Waals surface area (Å²) in [5.74, 6) is -0.867. The Labute approximate surface area is 207 Å². The molecule has 1 fully saturated rings. The Hall–Kier alpha value is -3.15. The van der Waals surface area contributed by atoms with Crippen molar-refractivity contribution in [1.29, 1.82) is 0 Å². The van der Waals surface area contributed by atoms with E-state index < -0.39 is 11.5 Å². The zero-order valence-corrected chi connectivity index (χ0v) is 20.6. The molecule has 2 atom stereocenters. The molecule has 1 heterocycles. The van der Waals surface area contributed by atoms with Crippen molar-refractivity contribution in [2.75, 3.05) is 11.9 Å². The van der Waals surface area contributed by atoms with Crippen LogP contribution in [0.5, 0.6) is 0 Å². The monoisotopic (exact) mass is 476 g/mol. The Morgan fingerprint density at radius 2 is 1.80 bits per heavy atom. The summed E-state index contributed by atoms with van der Waals surface area (Å²) in [6.45, 7) is 2.13. The van der Waals surface area contributed by atoms with E-state index in [1.54, 1.807) is 0 Å². The number of ether oxygens (including phenoxy) is 1. The van der Waals surface area contributed by atoms with Crippen molar-refractivity contribution in [1.82, 2.24) is 5.32 Å². The highest BCUT2D eigenvalue weighted by Crippen LogP contribution is 2.44. The van der Waals surface area contributed by atoms with Crippen LogP contribution in [-0.2, 0) is 32.0 Å². The highest BCUT2D eigenvalue weighted by Gasteiger charge is 2.45. The summed E-state index contributed by atoms with van der Waals surface area (Å²) in [7, 11) is 0. The molecule has 0 saturated heterocycles. The number of aryl methyl sites for hydroxylation is 2. The molecule has 4 rings (SSSR count). The number of amides is 2. The maximum absolute atomic E-state index is 13.7. The molecule has 0 spiro atoms. The average molecular weight is 477 g/mol. The molecule has 6 heteroatoms. The SMILES string of the molecule is CCOC(=O)[C@H](CCc1ccccc1)CC1(C(=O)N[C@H]2CCc3ccccc3NC2=O)CCCC1. The fourth-order valence-electron chi connectivity index (χ4n) is 5.56. The average Bonchev–Trinajstić information content (AvgIpc) is 3.29. The highest BCUT2D eigenvalue weighted by molar-refractivity contribution is 5.99. The minimum atomic E-state index is -0.645. The van der Waals surface area contributed by atoms with Crippen molar-refractivity contribution >= 4 is 23.5 Å². The van der Waals surface area contributed by atoms with Gasteiger partial charge in [-0.05, 0) is 69.1 Å². The van der Waals surface area contributed by atoms with Gasteiger partial charge in [-0.2, -0.15) is 0 Å². The molecule has 186 valence electrons. The molecule has 2 N–H and O–H groups in total. The lowest BCUT2D eigenvalue weighted by molar-refractivity contribution is -0.150. The first-order chi connectivity index (χ1) is 17.0. The van der Waals surface area contributed by atoms with Crippen LogP contribution in [0.25, 0.3) is 0 Å². The molecule has 2 aromatic rings. The number of rotatable bonds is 9. The van der Waals surface area contributed by atoms with Gasteiger partial charge < -0.3 is 15.4 Å². The van der Waals surface area contributed by atoms with Crippen LogP contribution in [0.3, 0.4) is 0 Å². The van der Waals surface area contributed by atoms with Crippen LogP contribution in [0.4, 0.5) is 5.69 Å². The van der Waals surface area contributed by atoms with E-state index in [0.717, 1.165) is 49.8 Å². The van der Waals surface area contributed by atoms with E-state index in [0.29, 0.717) is 25.9 Å². The molecule has 0 radical (unpaired) electrons. The Bertz CT molecular complexity index is 1030. The fourth-order valence-corrected chi connectivity index (χ4v) is 5.56. The Morgan fingerprint density at radius 1 is 1.09 bits per heavy atom. The molecule has 0 aromatic heterocycles. The van der Waals surface area contributed by atoms with Crippen molar-refractivity contribution in [3.8, 4) is 0 Å². The third-order valence-electron chi connectivity index (χ3n) is 7.52. The van der Waals surface area contributed by atoms with Gasteiger partial charge in [-0.15, -0.1) is 0 Å². The second kappa shape index (κ2) is 11.5. The zero-order valence-electron chi connectivity index (χ0n) is 20.6. The summed E-state index contributed by atoms with van der Waals surface area (Å²) >= 11 is 0. The van der Waals surface area contributed by atoms with E-state index in [9.17, 15) is 14.4 Å². The number of nitrogens with one attached hydrogen (secondary N) is 2. The van der Waals surface area contributed by atoms with E-state index in [-0.39, 0.29) is 23.7 Å². The molecule has 0 unspecified atom stereocenters. The van der Waals surface area contributed by atoms with E-state index in [1.807, 2.05) is 49.4 Å². The smallest absolute Gasteiger partial charge is 0.308 e. The van der Waals surface area contributed by atoms with Gasteiger partial charge in [0.1, 0.15) is 6.04 Å². The van der Waals surface area contributed by atoms with Crippen LogP contribution >= 0.6 is 0 Å². The second-order valence-electron chi connectivity index (χ2n) is 9.88. The van der Waals surface area contributed by atoms with Gasteiger partial charge >= 0.3 is 5.97 Å². The number of fused-ring (bicyclic) bond motifs is 1. The van der Waals surface area contributed by atoms with Crippen LogP contribution in [0.1, 0.15) is 63.0 Å². The summed E-state index contributed by atoms with van der Waals surface area (Å²) in [6, 6.07) is 17.3. The summed E-state index contributed by atoms with van der Waals surface area (Å²) in [4.78, 5) is 39.5. The van der Waals surface area contributed by atoms with Gasteiger partial charge in [-0.3, -0.25) is 14.4 Å². The van der Waals surface area contributed by atoms with E-state index in [4.69, 9.17) is 4.74 Å². The molecule has 6 nitrogen and oxygen atoms in total. The molecule has 35 heavy (non-hydrogen) atoms. The van der Waals surface area contributed by atoms with Gasteiger partial charge in [0.05, 0.1) is 17.9 Å². The molecule has 0 bridgehead atoms. The minimum Gasteiger partial charge on any atom is -0.466 e. The predicted molar refractivity (Wildman–Crippen MR) is 136 cm³/mol. The molecule has 1 aliphatic carbocycles. The van der Waals surface area contributed by atoms with Gasteiger partial charge in [0.2, 0.25) is 11.8 Å². The first-order valence-electron chi connectivity index (χ1n) is 12.9. The minimum absolute atomic E-state index is 0.102. The number of hydrogen-bond acceptors (Lipinski definition) is 4. The molecular weight excluding hydrogens is 440 g/mol. The Morgan fingerprint density at radius 3 is 2.54 bits per heavy atom. The lowest BCUT2D eigenvalue weighted by Gasteiger charge is -2.32. The van der Waals surface area contributed by atoms with Crippen LogP contribution < -0.4 is 10.6 Å². The topological polar surface area (TPSA) is 84.5 Å². The second-order valence-corrected chi connectivity index (χ2v) is 9.88. The van der Waals surface area contributed by atoms with E-state index in [1.165, 1.54) is 5.56 Å². The summed E-state index contributed by atoms with van der Waals surface area (Å²) in [5, 5.41) is 6.04. The molecule has 1 saturated carbocycles. The summed E-state index contributed by atoms with van der Waals surface area (Å²) in [6.07, 6.45) is 6.48. The number of hydrogen-bond donors (Lipinski definition) is 2. The first-order valence-corrected chi connectivity index (χ1v) is 12.9. The standard InChI is InChI=1S/C29H36N2O4/c1-2-35-27(33)23(15-14-21-10-4-3-5-11-21)20-29(18-8-9-19-29)28(34)31-25-17-16-22-12-6-7-13-24(22)30-26(25)32/h3-7,10-13,23,25H,2,8-9,14-20H2,1H3,(H,30,32)(H,31,34)/t23-,25+/m1/s1.